The molecule has 0 spiro atoms. The molecular formula is C16H25N7S. The number of hydrogen-bond donors (Lipinski definition) is 2. The number of guanidine groups is 1. The second-order valence-corrected chi connectivity index (χ2v) is 7.24. The molecule has 24 heavy (non-hydrogen) atoms. The molecule has 7 nitrogen and oxygen atoms in total. The monoisotopic (exact) mass is 347 g/mol. The third-order valence-corrected chi connectivity index (χ3v) is 4.84. The van der Waals surface area contributed by atoms with Gasteiger partial charge in [-0.15, -0.1) is 11.3 Å². The average molecular weight is 347 g/mol. The van der Waals surface area contributed by atoms with Crippen LogP contribution in [0.15, 0.2) is 11.2 Å². The van der Waals surface area contributed by atoms with E-state index in [1.54, 1.807) is 11.3 Å². The van der Waals surface area contributed by atoms with Gasteiger partial charge in [0.25, 0.3) is 0 Å². The molecule has 0 radical (unpaired) electrons. The predicted octanol–water partition coefficient (Wildman–Crippen LogP) is 1.68. The smallest absolute Gasteiger partial charge is 0.191 e. The molecule has 0 saturated carbocycles. The van der Waals surface area contributed by atoms with Gasteiger partial charge < -0.3 is 10.6 Å². The van der Waals surface area contributed by atoms with Gasteiger partial charge in [0.1, 0.15) is 10.8 Å². The molecule has 0 amide bonds. The van der Waals surface area contributed by atoms with E-state index in [4.69, 9.17) is 0 Å². The Bertz CT molecular complexity index is 703. The number of nitrogens with one attached hydrogen (secondary N) is 2. The summed E-state index contributed by atoms with van der Waals surface area (Å²) >= 11 is 1.69. The Kier molecular flexibility index (Phi) is 5.44. The minimum Gasteiger partial charge on any atom is -0.357 e. The fourth-order valence-corrected chi connectivity index (χ4v) is 3.47. The van der Waals surface area contributed by atoms with Crippen molar-refractivity contribution in [3.63, 3.8) is 0 Å². The van der Waals surface area contributed by atoms with Crippen LogP contribution in [0.5, 0.6) is 0 Å². The highest BCUT2D eigenvalue weighted by Gasteiger charge is 2.22. The quantitative estimate of drug-likeness (QED) is 0.635. The van der Waals surface area contributed by atoms with Crippen LogP contribution in [0.3, 0.4) is 0 Å². The number of nitrogens with zero attached hydrogens (tertiary/aromatic N) is 5. The van der Waals surface area contributed by atoms with Crippen molar-refractivity contribution in [1.29, 1.82) is 0 Å². The van der Waals surface area contributed by atoms with Gasteiger partial charge in [0.2, 0.25) is 0 Å². The molecule has 2 N–H and O–H groups in total. The lowest BCUT2D eigenvalue weighted by Gasteiger charge is -2.25. The maximum absolute atomic E-state index is 4.67. The van der Waals surface area contributed by atoms with Gasteiger partial charge >= 0.3 is 0 Å². The molecule has 1 atom stereocenters. The maximum Gasteiger partial charge on any atom is 0.191 e. The van der Waals surface area contributed by atoms with E-state index in [0.29, 0.717) is 12.6 Å². The molecule has 0 saturated heterocycles. The Morgan fingerprint density at radius 2 is 2.33 bits per heavy atom. The first-order valence-electron chi connectivity index (χ1n) is 8.56. The molecule has 0 fully saturated rings. The molecule has 2 aromatic rings. The van der Waals surface area contributed by atoms with Crippen LogP contribution in [0.4, 0.5) is 0 Å². The Hall–Kier alpha value is -1.96. The molecule has 0 bridgehead atoms. The second kappa shape index (κ2) is 7.74. The summed E-state index contributed by atoms with van der Waals surface area (Å²) in [6.45, 7) is 8.51. The predicted molar refractivity (Wildman–Crippen MR) is 96.3 cm³/mol. The van der Waals surface area contributed by atoms with Gasteiger partial charge in [0.15, 0.2) is 11.8 Å². The molecule has 0 aliphatic carbocycles. The zero-order valence-electron chi connectivity index (χ0n) is 14.5. The van der Waals surface area contributed by atoms with Crippen molar-refractivity contribution >= 4 is 17.3 Å². The lowest BCUT2D eigenvalue weighted by Crippen LogP contribution is -2.47. The number of aromatic nitrogens is 4. The van der Waals surface area contributed by atoms with Crippen LogP contribution < -0.4 is 10.6 Å². The number of rotatable bonds is 5. The standard InChI is InChI=1S/C16H25N7S/c1-4-13-21-14-7-6-12(10-23(14)22-13)20-16(17-5-2)19-9-15-18-8-11(3)24-15/h8,12H,4-7,9-10H2,1-3H3,(H2,17,19,20). The van der Waals surface area contributed by atoms with Crippen LogP contribution >= 0.6 is 11.3 Å². The average Bonchev–Trinajstić information content (AvgIpc) is 3.18. The van der Waals surface area contributed by atoms with Crippen molar-refractivity contribution in [1.82, 2.24) is 30.4 Å². The van der Waals surface area contributed by atoms with E-state index in [1.165, 1.54) is 4.88 Å². The van der Waals surface area contributed by atoms with Gasteiger partial charge in [-0.2, -0.15) is 5.10 Å². The highest BCUT2D eigenvalue weighted by Crippen LogP contribution is 2.14. The van der Waals surface area contributed by atoms with E-state index in [-0.39, 0.29) is 0 Å². The maximum atomic E-state index is 4.67. The van der Waals surface area contributed by atoms with Crippen molar-refractivity contribution < 1.29 is 0 Å². The molecule has 1 unspecified atom stereocenters. The second-order valence-electron chi connectivity index (χ2n) is 5.92. The number of hydrogen-bond acceptors (Lipinski definition) is 5. The van der Waals surface area contributed by atoms with E-state index in [1.807, 2.05) is 10.9 Å². The SMILES string of the molecule is CCNC(=NCc1ncc(C)s1)NC1CCc2nc(CC)nn2C1. The zero-order valence-corrected chi connectivity index (χ0v) is 15.4. The number of aryl methyl sites for hydroxylation is 3. The molecule has 3 rings (SSSR count). The van der Waals surface area contributed by atoms with Gasteiger partial charge in [-0.05, 0) is 20.3 Å². The minimum absolute atomic E-state index is 0.319. The molecule has 8 heteroatoms. The summed E-state index contributed by atoms with van der Waals surface area (Å²) in [6.07, 6.45) is 4.78. The summed E-state index contributed by atoms with van der Waals surface area (Å²) in [5.41, 5.74) is 0. The van der Waals surface area contributed by atoms with Crippen LogP contribution in [0.1, 0.15) is 41.8 Å². The van der Waals surface area contributed by atoms with Gasteiger partial charge in [0.05, 0.1) is 13.1 Å². The van der Waals surface area contributed by atoms with Gasteiger partial charge in [-0.25, -0.2) is 19.6 Å². The zero-order chi connectivity index (χ0) is 16.9. The molecule has 2 aromatic heterocycles. The van der Waals surface area contributed by atoms with E-state index in [9.17, 15) is 0 Å². The van der Waals surface area contributed by atoms with Crippen molar-refractivity contribution in [2.75, 3.05) is 6.54 Å². The van der Waals surface area contributed by atoms with Crippen molar-refractivity contribution in [3.05, 3.63) is 27.7 Å². The highest BCUT2D eigenvalue weighted by atomic mass is 32.1. The van der Waals surface area contributed by atoms with Crippen LogP contribution in [-0.4, -0.2) is 38.3 Å². The Balaban J connectivity index is 1.63. The third kappa shape index (κ3) is 4.11. The van der Waals surface area contributed by atoms with Crippen molar-refractivity contribution in [2.24, 2.45) is 4.99 Å². The first kappa shape index (κ1) is 16.9. The van der Waals surface area contributed by atoms with E-state index >= 15 is 0 Å². The summed E-state index contributed by atoms with van der Waals surface area (Å²) in [5.74, 6) is 2.88. The van der Waals surface area contributed by atoms with Gasteiger partial charge in [0, 0.05) is 36.5 Å². The normalized spacial score (nSPS) is 17.6. The molecule has 0 aromatic carbocycles. The summed E-state index contributed by atoms with van der Waals surface area (Å²) in [5, 5.41) is 12.5. The van der Waals surface area contributed by atoms with Crippen LogP contribution in [-0.2, 0) is 25.9 Å². The summed E-state index contributed by atoms with van der Waals surface area (Å²) < 4.78 is 2.04. The topological polar surface area (TPSA) is 80.0 Å². The van der Waals surface area contributed by atoms with Gasteiger partial charge in [-0.1, -0.05) is 6.92 Å². The van der Waals surface area contributed by atoms with Crippen LogP contribution in [0, 0.1) is 6.92 Å². The Morgan fingerprint density at radius 3 is 3.04 bits per heavy atom. The van der Waals surface area contributed by atoms with Crippen molar-refractivity contribution in [2.45, 2.75) is 59.2 Å². The number of aliphatic imine (C=N–C) groups is 1. The van der Waals surface area contributed by atoms with E-state index in [2.05, 4.69) is 51.5 Å². The molecule has 1 aliphatic heterocycles. The van der Waals surface area contributed by atoms with Crippen LogP contribution in [0.2, 0.25) is 0 Å². The summed E-state index contributed by atoms with van der Waals surface area (Å²) in [4.78, 5) is 14.8. The lowest BCUT2D eigenvalue weighted by atomic mass is 10.1. The Morgan fingerprint density at radius 1 is 1.46 bits per heavy atom. The largest absolute Gasteiger partial charge is 0.357 e. The molecular weight excluding hydrogens is 322 g/mol. The summed E-state index contributed by atoms with van der Waals surface area (Å²) in [7, 11) is 0. The third-order valence-electron chi connectivity index (χ3n) is 3.94. The first-order chi connectivity index (χ1) is 11.7. The molecule has 3 heterocycles. The summed E-state index contributed by atoms with van der Waals surface area (Å²) in [6, 6.07) is 0.319. The fourth-order valence-electron chi connectivity index (χ4n) is 2.76. The molecule has 1 aliphatic rings. The highest BCUT2D eigenvalue weighted by molar-refractivity contribution is 7.11. The Labute approximate surface area is 146 Å². The van der Waals surface area contributed by atoms with E-state index in [0.717, 1.165) is 55.0 Å². The first-order valence-corrected chi connectivity index (χ1v) is 9.38. The van der Waals surface area contributed by atoms with Crippen LogP contribution in [0.25, 0.3) is 0 Å². The molecule has 130 valence electrons. The van der Waals surface area contributed by atoms with Gasteiger partial charge in [-0.3, -0.25) is 0 Å². The number of fused-ring (bicyclic) bond motifs is 1. The number of thiazole rings is 1. The van der Waals surface area contributed by atoms with E-state index < -0.39 is 0 Å². The fraction of sp³-hybridized carbons (Fsp3) is 0.625. The van der Waals surface area contributed by atoms with Crippen molar-refractivity contribution in [3.8, 4) is 0 Å². The lowest BCUT2D eigenvalue weighted by molar-refractivity contribution is 0.392. The minimum atomic E-state index is 0.319.